The molecule has 1 aliphatic rings. The average molecular weight is 288 g/mol. The molecule has 19 heavy (non-hydrogen) atoms. The van der Waals surface area contributed by atoms with E-state index in [1.165, 1.54) is 18.2 Å². The van der Waals surface area contributed by atoms with Gasteiger partial charge in [-0.05, 0) is 19.1 Å². The predicted molar refractivity (Wildman–Crippen MR) is 62.8 cm³/mol. The Bertz CT molecular complexity index is 593. The van der Waals surface area contributed by atoms with Crippen molar-refractivity contribution < 1.29 is 32.0 Å². The van der Waals surface area contributed by atoms with Gasteiger partial charge in [0.1, 0.15) is 13.2 Å². The number of carboxylic acids is 1. The Hall–Kier alpha value is -1.80. The van der Waals surface area contributed by atoms with Crippen molar-refractivity contribution in [1.29, 1.82) is 0 Å². The zero-order valence-corrected chi connectivity index (χ0v) is 10.8. The van der Waals surface area contributed by atoms with E-state index < -0.39 is 22.2 Å². The van der Waals surface area contributed by atoms with Crippen LogP contribution in [-0.4, -0.2) is 38.8 Å². The summed E-state index contributed by atoms with van der Waals surface area (Å²) >= 11 is 0. The van der Waals surface area contributed by atoms with Gasteiger partial charge in [-0.15, -0.1) is 0 Å². The maximum Gasteiger partial charge on any atom is 0.334 e. The second kappa shape index (κ2) is 5.06. The van der Waals surface area contributed by atoms with Crippen LogP contribution in [0, 0.1) is 0 Å². The van der Waals surface area contributed by atoms with Crippen LogP contribution in [0.4, 0.5) is 0 Å². The van der Waals surface area contributed by atoms with Crippen molar-refractivity contribution in [2.45, 2.75) is 17.9 Å². The van der Waals surface area contributed by atoms with Crippen LogP contribution in [0.3, 0.4) is 0 Å². The molecule has 0 saturated heterocycles. The van der Waals surface area contributed by atoms with Crippen LogP contribution in [0.5, 0.6) is 11.5 Å². The van der Waals surface area contributed by atoms with E-state index in [9.17, 15) is 13.2 Å². The van der Waals surface area contributed by atoms with Gasteiger partial charge in [0.25, 0.3) is 10.1 Å². The summed E-state index contributed by atoms with van der Waals surface area (Å²) in [7, 11) is -4.15. The summed E-state index contributed by atoms with van der Waals surface area (Å²) in [6.07, 6.45) is -1.46. The fourth-order valence-electron chi connectivity index (χ4n) is 1.47. The maximum atomic E-state index is 11.9. The molecule has 1 atom stereocenters. The molecule has 0 spiro atoms. The third-order valence-corrected chi connectivity index (χ3v) is 3.79. The van der Waals surface area contributed by atoms with Gasteiger partial charge in [0.2, 0.25) is 0 Å². The lowest BCUT2D eigenvalue weighted by Crippen LogP contribution is -2.24. The summed E-state index contributed by atoms with van der Waals surface area (Å²) < 4.78 is 38.8. The summed E-state index contributed by atoms with van der Waals surface area (Å²) in [4.78, 5) is 10.4. The van der Waals surface area contributed by atoms with Gasteiger partial charge in [-0.1, -0.05) is 0 Å². The van der Waals surface area contributed by atoms with Crippen LogP contribution < -0.4 is 9.47 Å². The molecule has 0 aliphatic carbocycles. The summed E-state index contributed by atoms with van der Waals surface area (Å²) in [6.45, 7) is 1.85. The first-order valence-corrected chi connectivity index (χ1v) is 6.87. The normalized spacial score (nSPS) is 15.8. The third-order valence-electron chi connectivity index (χ3n) is 2.42. The lowest BCUT2D eigenvalue weighted by Gasteiger charge is -2.19. The molecule has 8 heteroatoms. The van der Waals surface area contributed by atoms with Gasteiger partial charge in [0.05, 0.1) is 4.90 Å². The molecule has 7 nitrogen and oxygen atoms in total. The minimum Gasteiger partial charge on any atom is -0.486 e. The number of fused-ring (bicyclic) bond motifs is 1. The van der Waals surface area contributed by atoms with Crippen molar-refractivity contribution in [1.82, 2.24) is 0 Å². The number of aliphatic carboxylic acids is 1. The zero-order chi connectivity index (χ0) is 14.0. The SMILES string of the molecule is CC(OS(=O)(=O)c1ccc2c(c1)OCCO2)C(=O)O. The van der Waals surface area contributed by atoms with Crippen molar-refractivity contribution in [2.24, 2.45) is 0 Å². The highest BCUT2D eigenvalue weighted by atomic mass is 32.2. The maximum absolute atomic E-state index is 11.9. The summed E-state index contributed by atoms with van der Waals surface area (Å²) in [5, 5.41) is 8.65. The Morgan fingerprint density at radius 3 is 2.58 bits per heavy atom. The predicted octanol–water partition coefficient (Wildman–Crippen LogP) is 0.636. The van der Waals surface area contributed by atoms with Crippen LogP contribution in [0.1, 0.15) is 6.92 Å². The number of hydrogen-bond acceptors (Lipinski definition) is 6. The molecule has 2 rings (SSSR count). The molecule has 0 radical (unpaired) electrons. The molecular weight excluding hydrogens is 276 g/mol. The molecule has 0 amide bonds. The molecule has 1 aromatic carbocycles. The van der Waals surface area contributed by atoms with Crippen molar-refractivity contribution in [3.63, 3.8) is 0 Å². The standard InChI is InChI=1S/C11H12O7S/c1-7(11(12)13)18-19(14,15)8-2-3-9-10(6-8)17-5-4-16-9/h2-3,6-7H,4-5H2,1H3,(H,12,13). The minimum atomic E-state index is -4.15. The highest BCUT2D eigenvalue weighted by Crippen LogP contribution is 2.32. The first kappa shape index (κ1) is 13.6. The Morgan fingerprint density at radius 2 is 1.95 bits per heavy atom. The van der Waals surface area contributed by atoms with Crippen LogP contribution in [0.15, 0.2) is 23.1 Å². The molecule has 1 aliphatic heterocycles. The van der Waals surface area contributed by atoms with E-state index in [1.54, 1.807) is 0 Å². The number of rotatable bonds is 4. The molecular formula is C11H12O7S. The van der Waals surface area contributed by atoms with E-state index in [0.29, 0.717) is 24.7 Å². The van der Waals surface area contributed by atoms with Gasteiger partial charge in [0.15, 0.2) is 17.6 Å². The smallest absolute Gasteiger partial charge is 0.334 e. The van der Waals surface area contributed by atoms with E-state index in [0.717, 1.165) is 6.92 Å². The van der Waals surface area contributed by atoms with Crippen molar-refractivity contribution in [2.75, 3.05) is 13.2 Å². The zero-order valence-electron chi connectivity index (χ0n) is 10.0. The highest BCUT2D eigenvalue weighted by molar-refractivity contribution is 7.86. The van der Waals surface area contributed by atoms with Crippen LogP contribution >= 0.6 is 0 Å². The summed E-state index contributed by atoms with van der Waals surface area (Å²) in [6, 6.07) is 3.96. The van der Waals surface area contributed by atoms with E-state index in [4.69, 9.17) is 14.6 Å². The lowest BCUT2D eigenvalue weighted by atomic mass is 10.3. The van der Waals surface area contributed by atoms with Gasteiger partial charge < -0.3 is 14.6 Å². The van der Waals surface area contributed by atoms with E-state index in [1.807, 2.05) is 0 Å². The summed E-state index contributed by atoms with van der Waals surface area (Å²) in [5.74, 6) is -0.628. The van der Waals surface area contributed by atoms with Crippen LogP contribution in [0.25, 0.3) is 0 Å². The largest absolute Gasteiger partial charge is 0.486 e. The third kappa shape index (κ3) is 2.96. The molecule has 1 N–H and O–H groups in total. The Kier molecular flexibility index (Phi) is 3.63. The van der Waals surface area contributed by atoms with E-state index >= 15 is 0 Å². The number of carbonyl (C=O) groups is 1. The molecule has 104 valence electrons. The van der Waals surface area contributed by atoms with E-state index in [-0.39, 0.29) is 4.90 Å². The number of benzene rings is 1. The number of hydrogen-bond donors (Lipinski definition) is 1. The number of ether oxygens (including phenoxy) is 2. The van der Waals surface area contributed by atoms with E-state index in [2.05, 4.69) is 4.18 Å². The second-order valence-electron chi connectivity index (χ2n) is 3.84. The van der Waals surface area contributed by atoms with Gasteiger partial charge in [-0.2, -0.15) is 8.42 Å². The highest BCUT2D eigenvalue weighted by Gasteiger charge is 2.25. The topological polar surface area (TPSA) is 99.1 Å². The molecule has 0 fully saturated rings. The number of carboxylic acid groups (broad SMARTS) is 1. The molecule has 0 aromatic heterocycles. The molecule has 1 aromatic rings. The first-order chi connectivity index (χ1) is 8.90. The quantitative estimate of drug-likeness (QED) is 0.811. The summed E-state index contributed by atoms with van der Waals surface area (Å²) in [5.41, 5.74) is 0. The Morgan fingerprint density at radius 1 is 1.32 bits per heavy atom. The first-order valence-electron chi connectivity index (χ1n) is 5.46. The van der Waals surface area contributed by atoms with Crippen LogP contribution in [0.2, 0.25) is 0 Å². The van der Waals surface area contributed by atoms with Crippen molar-refractivity contribution >= 4 is 16.1 Å². The minimum absolute atomic E-state index is 0.176. The molecule has 0 bridgehead atoms. The molecule has 1 unspecified atom stereocenters. The lowest BCUT2D eigenvalue weighted by molar-refractivity contribution is -0.144. The molecule has 1 heterocycles. The Balaban J connectivity index is 2.28. The van der Waals surface area contributed by atoms with Crippen LogP contribution in [-0.2, 0) is 19.1 Å². The van der Waals surface area contributed by atoms with Gasteiger partial charge in [0, 0.05) is 6.07 Å². The van der Waals surface area contributed by atoms with Gasteiger partial charge >= 0.3 is 5.97 Å². The van der Waals surface area contributed by atoms with Crippen molar-refractivity contribution in [3.05, 3.63) is 18.2 Å². The van der Waals surface area contributed by atoms with Gasteiger partial charge in [-0.25, -0.2) is 4.79 Å². The fraction of sp³-hybridized carbons (Fsp3) is 0.364. The molecule has 0 saturated carbocycles. The monoisotopic (exact) mass is 288 g/mol. The average Bonchev–Trinajstić information content (AvgIpc) is 2.37. The van der Waals surface area contributed by atoms with Gasteiger partial charge in [-0.3, -0.25) is 4.18 Å². The second-order valence-corrected chi connectivity index (χ2v) is 5.41. The van der Waals surface area contributed by atoms with Crippen molar-refractivity contribution in [3.8, 4) is 11.5 Å². The fourth-order valence-corrected chi connectivity index (χ4v) is 2.53. The Labute approximate surface area is 109 Å².